The molecule has 0 radical (unpaired) electrons. The lowest BCUT2D eigenvalue weighted by Gasteiger charge is -2.23. The molecule has 0 aliphatic rings. The normalized spacial score (nSPS) is 12.8. The van der Waals surface area contributed by atoms with Gasteiger partial charge in [-0.25, -0.2) is 4.98 Å². The molecule has 0 bridgehead atoms. The first-order chi connectivity index (χ1) is 8.04. The van der Waals surface area contributed by atoms with Gasteiger partial charge >= 0.3 is 0 Å². The van der Waals surface area contributed by atoms with Gasteiger partial charge in [-0.1, -0.05) is 6.92 Å². The number of nitrogen functional groups attached to an aromatic ring is 1. The van der Waals surface area contributed by atoms with Crippen molar-refractivity contribution < 1.29 is 0 Å². The molecule has 0 amide bonds. The molecule has 0 fully saturated rings. The third kappa shape index (κ3) is 4.36. The molecule has 5 nitrogen and oxygen atoms in total. The molecule has 0 saturated carbocycles. The van der Waals surface area contributed by atoms with E-state index in [0.29, 0.717) is 17.5 Å². The molecule has 1 aromatic rings. The van der Waals surface area contributed by atoms with Crippen LogP contribution in [0.4, 0.5) is 11.5 Å². The average Bonchev–Trinajstić information content (AvgIpc) is 2.32. The Morgan fingerprint density at radius 3 is 2.94 bits per heavy atom. The molecule has 96 valence electrons. The number of halogens is 1. The second kappa shape index (κ2) is 6.61. The van der Waals surface area contributed by atoms with E-state index in [9.17, 15) is 0 Å². The summed E-state index contributed by atoms with van der Waals surface area (Å²) in [4.78, 5) is 10.1. The number of rotatable bonds is 6. The van der Waals surface area contributed by atoms with E-state index in [2.05, 4.69) is 41.1 Å². The number of anilines is 2. The summed E-state index contributed by atoms with van der Waals surface area (Å²) in [7, 11) is 2.10. The smallest absolute Gasteiger partial charge is 0.224 e. The third-order valence-electron chi connectivity index (χ3n) is 2.89. The lowest BCUT2D eigenvalue weighted by Crippen LogP contribution is -2.32. The number of nitrogens with two attached hydrogens (primary N) is 1. The highest BCUT2D eigenvalue weighted by Crippen LogP contribution is 2.15. The van der Waals surface area contributed by atoms with Crippen molar-refractivity contribution in [3.05, 3.63) is 11.5 Å². The molecule has 0 saturated heterocycles. The highest BCUT2D eigenvalue weighted by atomic mass is 35.5. The summed E-state index contributed by atoms with van der Waals surface area (Å²) in [6, 6.07) is 0.572. The van der Waals surface area contributed by atoms with Crippen LogP contribution < -0.4 is 11.1 Å². The minimum atomic E-state index is 0.206. The van der Waals surface area contributed by atoms with Crippen molar-refractivity contribution in [2.75, 3.05) is 31.2 Å². The number of likely N-dealkylation sites (N-methyl/N-ethyl adjacent to an activating group) is 1. The van der Waals surface area contributed by atoms with Gasteiger partial charge in [0, 0.05) is 19.1 Å². The van der Waals surface area contributed by atoms with Gasteiger partial charge < -0.3 is 16.0 Å². The predicted molar refractivity (Wildman–Crippen MR) is 72.3 cm³/mol. The molecule has 1 unspecified atom stereocenters. The van der Waals surface area contributed by atoms with Crippen LogP contribution in [-0.2, 0) is 0 Å². The average molecular weight is 258 g/mol. The fraction of sp³-hybridized carbons (Fsp3) is 0.636. The molecule has 1 rings (SSSR count). The molecule has 0 spiro atoms. The second-order valence-corrected chi connectivity index (χ2v) is 4.45. The monoisotopic (exact) mass is 257 g/mol. The topological polar surface area (TPSA) is 67.1 Å². The molecular weight excluding hydrogens is 238 g/mol. The van der Waals surface area contributed by atoms with Gasteiger partial charge in [-0.15, -0.1) is 0 Å². The first-order valence-electron chi connectivity index (χ1n) is 5.76. The van der Waals surface area contributed by atoms with E-state index in [-0.39, 0.29) is 5.28 Å². The number of nitrogens with one attached hydrogen (secondary N) is 1. The third-order valence-corrected chi connectivity index (χ3v) is 3.07. The van der Waals surface area contributed by atoms with Crippen LogP contribution in [0.1, 0.15) is 20.3 Å². The Kier molecular flexibility index (Phi) is 5.44. The van der Waals surface area contributed by atoms with Crippen molar-refractivity contribution in [2.24, 2.45) is 0 Å². The summed E-state index contributed by atoms with van der Waals surface area (Å²) in [5.74, 6) is 0.600. The van der Waals surface area contributed by atoms with Gasteiger partial charge in [-0.2, -0.15) is 4.98 Å². The Balaban J connectivity index is 2.43. The van der Waals surface area contributed by atoms with Crippen molar-refractivity contribution in [1.29, 1.82) is 0 Å². The predicted octanol–water partition coefficient (Wildman–Crippen LogP) is 1.85. The van der Waals surface area contributed by atoms with Crippen LogP contribution in [0.2, 0.25) is 5.28 Å². The molecular formula is C11H20ClN5. The van der Waals surface area contributed by atoms with E-state index in [1.54, 1.807) is 0 Å². The van der Waals surface area contributed by atoms with Crippen LogP contribution in [0.15, 0.2) is 6.20 Å². The molecule has 6 heteroatoms. The van der Waals surface area contributed by atoms with E-state index in [0.717, 1.165) is 19.5 Å². The van der Waals surface area contributed by atoms with Gasteiger partial charge in [-0.05, 0) is 32.0 Å². The summed E-state index contributed by atoms with van der Waals surface area (Å²) in [5, 5.41) is 3.37. The lowest BCUT2D eigenvalue weighted by molar-refractivity contribution is 0.261. The molecule has 0 aliphatic carbocycles. The van der Waals surface area contributed by atoms with Gasteiger partial charge in [0.05, 0.1) is 11.9 Å². The van der Waals surface area contributed by atoms with E-state index < -0.39 is 0 Å². The summed E-state index contributed by atoms with van der Waals surface area (Å²) in [6.07, 6.45) is 2.65. The van der Waals surface area contributed by atoms with Crippen LogP contribution in [0, 0.1) is 0 Å². The lowest BCUT2D eigenvalue weighted by atomic mass is 10.2. The first-order valence-corrected chi connectivity index (χ1v) is 6.14. The minimum absolute atomic E-state index is 0.206. The molecule has 0 aliphatic heterocycles. The number of aromatic nitrogens is 2. The summed E-state index contributed by atoms with van der Waals surface area (Å²) in [5.41, 5.74) is 6.25. The standard InChI is InChI=1S/C11H20ClN5/c1-4-8(2)17(3)6-5-14-10-9(13)7-15-11(12)16-10/h7-8H,4-6,13H2,1-3H3,(H,14,15,16). The second-order valence-electron chi connectivity index (χ2n) is 4.11. The van der Waals surface area contributed by atoms with Gasteiger partial charge in [-0.3, -0.25) is 0 Å². The maximum Gasteiger partial charge on any atom is 0.224 e. The van der Waals surface area contributed by atoms with Crippen LogP contribution in [-0.4, -0.2) is 41.0 Å². The van der Waals surface area contributed by atoms with Crippen molar-refractivity contribution in [3.63, 3.8) is 0 Å². The summed E-state index contributed by atoms with van der Waals surface area (Å²) in [6.45, 7) is 6.08. The largest absolute Gasteiger partial charge is 0.394 e. The van der Waals surface area contributed by atoms with Crippen molar-refractivity contribution in [1.82, 2.24) is 14.9 Å². The van der Waals surface area contributed by atoms with Gasteiger partial charge in [0.1, 0.15) is 0 Å². The van der Waals surface area contributed by atoms with Crippen LogP contribution in [0.25, 0.3) is 0 Å². The minimum Gasteiger partial charge on any atom is -0.394 e. The molecule has 3 N–H and O–H groups in total. The van der Waals surface area contributed by atoms with E-state index >= 15 is 0 Å². The van der Waals surface area contributed by atoms with E-state index in [4.69, 9.17) is 17.3 Å². The summed E-state index contributed by atoms with van der Waals surface area (Å²) >= 11 is 5.70. The fourth-order valence-corrected chi connectivity index (χ4v) is 1.53. The number of hydrogen-bond donors (Lipinski definition) is 2. The quantitative estimate of drug-likeness (QED) is 0.762. The molecule has 0 aromatic carbocycles. The molecule has 17 heavy (non-hydrogen) atoms. The van der Waals surface area contributed by atoms with Crippen molar-refractivity contribution in [3.8, 4) is 0 Å². The zero-order valence-electron chi connectivity index (χ0n) is 10.6. The zero-order chi connectivity index (χ0) is 12.8. The zero-order valence-corrected chi connectivity index (χ0v) is 11.3. The van der Waals surface area contributed by atoms with Crippen molar-refractivity contribution >= 4 is 23.1 Å². The Bertz CT molecular complexity index is 358. The SMILES string of the molecule is CCC(C)N(C)CCNc1nc(Cl)ncc1N. The highest BCUT2D eigenvalue weighted by molar-refractivity contribution is 6.28. The first kappa shape index (κ1) is 14.0. The Hall–Kier alpha value is -1.07. The van der Waals surface area contributed by atoms with E-state index in [1.165, 1.54) is 6.20 Å². The maximum absolute atomic E-state index is 5.73. The van der Waals surface area contributed by atoms with E-state index in [1.807, 2.05) is 0 Å². The van der Waals surface area contributed by atoms with Gasteiger partial charge in [0.15, 0.2) is 5.82 Å². The molecule has 1 atom stereocenters. The Morgan fingerprint density at radius 1 is 1.59 bits per heavy atom. The van der Waals surface area contributed by atoms with Crippen LogP contribution >= 0.6 is 11.6 Å². The number of hydrogen-bond acceptors (Lipinski definition) is 5. The van der Waals surface area contributed by atoms with Crippen LogP contribution in [0.5, 0.6) is 0 Å². The number of nitrogens with zero attached hydrogens (tertiary/aromatic N) is 3. The van der Waals surface area contributed by atoms with Crippen LogP contribution in [0.3, 0.4) is 0 Å². The Morgan fingerprint density at radius 2 is 2.29 bits per heavy atom. The highest BCUT2D eigenvalue weighted by Gasteiger charge is 2.07. The summed E-state index contributed by atoms with van der Waals surface area (Å²) < 4.78 is 0. The van der Waals surface area contributed by atoms with Gasteiger partial charge in [0.2, 0.25) is 5.28 Å². The fourth-order valence-electron chi connectivity index (χ4n) is 1.39. The van der Waals surface area contributed by atoms with Crippen molar-refractivity contribution in [2.45, 2.75) is 26.3 Å². The van der Waals surface area contributed by atoms with Gasteiger partial charge in [0.25, 0.3) is 0 Å². The molecule has 1 aromatic heterocycles. The Labute approximate surface area is 107 Å². The molecule has 1 heterocycles. The maximum atomic E-state index is 5.73.